The SMILES string of the molecule is [O]=[Mo+2]=[O].[S-]\C(=N/N=C/C=C/c1ccccc1)SCc1ccccc1.[S-]\C(=N/N=C/C=C/c1ccccc1)SCc1ccccc1. The first-order valence-electron chi connectivity index (χ1n) is 13.4. The van der Waals surface area contributed by atoms with Gasteiger partial charge in [0.05, 0.1) is 0 Å². The Morgan fingerprint density at radius 2 is 0.867 bits per heavy atom. The van der Waals surface area contributed by atoms with E-state index in [4.69, 9.17) is 32.1 Å². The van der Waals surface area contributed by atoms with E-state index in [1.54, 1.807) is 12.4 Å². The van der Waals surface area contributed by atoms with Gasteiger partial charge in [0.25, 0.3) is 0 Å². The first-order valence-corrected chi connectivity index (χ1v) is 17.8. The zero-order chi connectivity index (χ0) is 32.2. The van der Waals surface area contributed by atoms with E-state index in [2.05, 4.69) is 44.7 Å². The summed E-state index contributed by atoms with van der Waals surface area (Å²) in [5.74, 6) is 1.64. The van der Waals surface area contributed by atoms with Crippen LogP contribution in [0.15, 0.2) is 154 Å². The second-order valence-corrected chi connectivity index (χ2v) is 12.0. The summed E-state index contributed by atoms with van der Waals surface area (Å²) >= 11 is 11.3. The molecule has 0 N–H and O–H groups in total. The van der Waals surface area contributed by atoms with E-state index in [0.29, 0.717) is 8.75 Å². The zero-order valence-corrected chi connectivity index (χ0v) is 29.3. The van der Waals surface area contributed by atoms with E-state index in [-0.39, 0.29) is 0 Å². The van der Waals surface area contributed by atoms with Crippen LogP contribution in [0.25, 0.3) is 12.2 Å². The zero-order valence-electron chi connectivity index (χ0n) is 24.1. The molecule has 0 aliphatic rings. The second-order valence-electron chi connectivity index (χ2n) is 8.42. The number of hydrogen-bond acceptors (Lipinski definition) is 10. The fraction of sp³-hybridized carbons (Fsp3) is 0.0588. The second kappa shape index (κ2) is 25.8. The third-order valence-electron chi connectivity index (χ3n) is 5.17. The fourth-order valence-corrected chi connectivity index (χ4v) is 4.79. The molecular weight excluding hydrogens is 721 g/mol. The Kier molecular flexibility index (Phi) is 21.6. The van der Waals surface area contributed by atoms with Crippen LogP contribution in [0.4, 0.5) is 0 Å². The number of thioether (sulfide) groups is 2. The molecule has 0 radical (unpaired) electrons. The molecule has 11 heteroatoms. The minimum absolute atomic E-state index is 0.545. The van der Waals surface area contributed by atoms with Crippen molar-refractivity contribution in [2.24, 2.45) is 20.4 Å². The summed E-state index contributed by atoms with van der Waals surface area (Å²) in [4.78, 5) is 0. The Morgan fingerprint density at radius 1 is 0.556 bits per heavy atom. The van der Waals surface area contributed by atoms with E-state index in [9.17, 15) is 0 Å². The number of benzene rings is 4. The van der Waals surface area contributed by atoms with Gasteiger partial charge in [0.15, 0.2) is 0 Å². The first kappa shape index (κ1) is 37.7. The molecule has 0 aliphatic heterocycles. The maximum atomic E-state index is 8.50. The normalized spacial score (nSPS) is 11.6. The van der Waals surface area contributed by atoms with Gasteiger partial charge in [-0.15, -0.1) is 23.5 Å². The molecule has 0 atom stereocenters. The summed E-state index contributed by atoms with van der Waals surface area (Å²) < 4.78 is 18.1. The molecule has 0 fully saturated rings. The van der Waals surface area contributed by atoms with Gasteiger partial charge in [0, 0.05) is 23.9 Å². The van der Waals surface area contributed by atoms with Crippen LogP contribution in [-0.2, 0) is 62.0 Å². The molecule has 0 saturated heterocycles. The topological polar surface area (TPSA) is 83.6 Å². The van der Waals surface area contributed by atoms with E-state index < -0.39 is 18.5 Å². The molecule has 4 aromatic carbocycles. The van der Waals surface area contributed by atoms with Crippen LogP contribution >= 0.6 is 23.5 Å². The largest absolute Gasteiger partial charge is 0.752 e. The molecule has 0 aromatic heterocycles. The van der Waals surface area contributed by atoms with Gasteiger partial charge < -0.3 is 25.3 Å². The van der Waals surface area contributed by atoms with Crippen molar-refractivity contribution in [2.75, 3.05) is 0 Å². The van der Waals surface area contributed by atoms with Crippen molar-refractivity contribution in [1.82, 2.24) is 0 Å². The molecule has 4 rings (SSSR count). The molecule has 0 spiro atoms. The quantitative estimate of drug-likeness (QED) is 0.0530. The van der Waals surface area contributed by atoms with Gasteiger partial charge in [0.2, 0.25) is 0 Å². The summed E-state index contributed by atoms with van der Waals surface area (Å²) in [7, 11) is 0. The molecule has 0 saturated carbocycles. The Balaban J connectivity index is 0.000000288. The molecule has 4 aromatic rings. The van der Waals surface area contributed by atoms with Crippen molar-refractivity contribution >= 4 is 82.1 Å². The van der Waals surface area contributed by atoms with Crippen molar-refractivity contribution in [3.05, 3.63) is 156 Å². The van der Waals surface area contributed by atoms with E-state index in [1.807, 2.05) is 121 Å². The maximum Gasteiger partial charge on any atom is 0.0495 e. The van der Waals surface area contributed by atoms with Crippen molar-refractivity contribution in [3.8, 4) is 0 Å². The minimum atomic E-state index is -2.03. The van der Waals surface area contributed by atoms with Crippen LogP contribution in [0, 0.1) is 0 Å². The van der Waals surface area contributed by atoms with E-state index >= 15 is 0 Å². The summed E-state index contributed by atoms with van der Waals surface area (Å²) in [5, 5.41) is 15.9. The van der Waals surface area contributed by atoms with Gasteiger partial charge in [-0.3, -0.25) is 0 Å². The van der Waals surface area contributed by atoms with Gasteiger partial charge in [0.1, 0.15) is 0 Å². The molecule has 0 bridgehead atoms. The average Bonchev–Trinajstić information content (AvgIpc) is 3.09. The van der Waals surface area contributed by atoms with Crippen molar-refractivity contribution in [2.45, 2.75) is 11.5 Å². The summed E-state index contributed by atoms with van der Waals surface area (Å²) in [6.45, 7) is 0. The Labute approximate surface area is 293 Å². The Morgan fingerprint density at radius 3 is 1.20 bits per heavy atom. The molecule has 6 nitrogen and oxygen atoms in total. The number of allylic oxidation sites excluding steroid dienone is 2. The predicted octanol–water partition coefficient (Wildman–Crippen LogP) is 8.80. The average molecular weight is 751 g/mol. The van der Waals surface area contributed by atoms with Crippen LogP contribution < -0.4 is 0 Å². The molecule has 228 valence electrons. The number of hydrogen-bond donors (Lipinski definition) is 0. The summed E-state index contributed by atoms with van der Waals surface area (Å²) in [6.07, 6.45) is 10.9. The Hall–Kier alpha value is -3.53. The van der Waals surface area contributed by atoms with Crippen molar-refractivity contribution < 1.29 is 25.3 Å². The molecule has 0 aliphatic carbocycles. The summed E-state index contributed by atoms with van der Waals surface area (Å²) in [5.41, 5.74) is 4.72. The number of rotatable bonds is 10. The monoisotopic (exact) mass is 752 g/mol. The Bertz CT molecular complexity index is 1460. The smallest absolute Gasteiger partial charge is 0.0495 e. The van der Waals surface area contributed by atoms with Crippen LogP contribution in [0.1, 0.15) is 22.3 Å². The minimum Gasteiger partial charge on any atom is -0.752 e. The van der Waals surface area contributed by atoms with Gasteiger partial charge >= 0.3 is 25.3 Å². The van der Waals surface area contributed by atoms with E-state index in [0.717, 1.165) is 22.6 Å². The molecule has 0 unspecified atom stereocenters. The van der Waals surface area contributed by atoms with Gasteiger partial charge in [-0.2, -0.15) is 20.4 Å². The summed E-state index contributed by atoms with van der Waals surface area (Å²) in [6, 6.07) is 40.4. The van der Waals surface area contributed by atoms with Crippen LogP contribution in [-0.4, -0.2) is 21.2 Å². The van der Waals surface area contributed by atoms with Crippen molar-refractivity contribution in [3.63, 3.8) is 0 Å². The van der Waals surface area contributed by atoms with Crippen LogP contribution in [0.3, 0.4) is 0 Å². The number of nitrogens with zero attached hydrogens (tertiary/aromatic N) is 4. The third kappa shape index (κ3) is 20.2. The molecule has 0 amide bonds. The van der Waals surface area contributed by atoms with Crippen molar-refractivity contribution in [1.29, 1.82) is 0 Å². The van der Waals surface area contributed by atoms with Crippen LogP contribution in [0.2, 0.25) is 0 Å². The maximum absolute atomic E-state index is 8.50. The third-order valence-corrected chi connectivity index (χ3v) is 7.65. The van der Waals surface area contributed by atoms with Crippen LogP contribution in [0.5, 0.6) is 0 Å². The molecule has 0 heterocycles. The van der Waals surface area contributed by atoms with Gasteiger partial charge in [-0.05, 0) is 43.2 Å². The van der Waals surface area contributed by atoms with E-state index in [1.165, 1.54) is 34.7 Å². The fourth-order valence-electron chi connectivity index (χ4n) is 3.17. The van der Waals surface area contributed by atoms with Gasteiger partial charge in [-0.25, -0.2) is 0 Å². The molecule has 45 heavy (non-hydrogen) atoms. The predicted molar refractivity (Wildman–Crippen MR) is 194 cm³/mol. The molecular formula is C34H30MoN4O2S4. The first-order chi connectivity index (χ1) is 22.1. The standard InChI is InChI=1S/2C17H16N2S2.Mo.2O/c2*20-17(21-14-16-10-5-2-6-11-16)19-18-13-7-12-15-8-3-1-4-9-15;;;/h2*1-13H,14H2,(H,19,20);;;/q;;+2;;/p-2/b2*12-7+,18-13+;;;. The van der Waals surface area contributed by atoms with Gasteiger partial charge in [-0.1, -0.05) is 133 Å².